The van der Waals surface area contributed by atoms with Crippen molar-refractivity contribution in [1.82, 2.24) is 4.98 Å². The lowest BCUT2D eigenvalue weighted by Crippen LogP contribution is -2.29. The van der Waals surface area contributed by atoms with Gasteiger partial charge < -0.3 is 9.15 Å². The van der Waals surface area contributed by atoms with Gasteiger partial charge in [0.2, 0.25) is 5.76 Å². The van der Waals surface area contributed by atoms with E-state index in [0.29, 0.717) is 33.0 Å². The number of anilines is 1. The SMILES string of the molecule is COc1ccccc1C1c2c(oc3ccccc3c2=O)C(=O)N1c1nc2ccc(C)cc2s1. The van der Waals surface area contributed by atoms with Gasteiger partial charge in [-0.2, -0.15) is 0 Å². The maximum atomic E-state index is 13.7. The Kier molecular flexibility index (Phi) is 4.35. The lowest BCUT2D eigenvalue weighted by molar-refractivity contribution is 0.0971. The first kappa shape index (κ1) is 19.7. The number of fused-ring (bicyclic) bond motifs is 3. The average molecular weight is 455 g/mol. The Morgan fingerprint density at radius 3 is 2.67 bits per heavy atom. The summed E-state index contributed by atoms with van der Waals surface area (Å²) in [5.41, 5.74) is 3.07. The van der Waals surface area contributed by atoms with Crippen LogP contribution in [0.3, 0.4) is 0 Å². The van der Waals surface area contributed by atoms with Crippen LogP contribution in [0.1, 0.15) is 33.3 Å². The number of carbonyl (C=O) groups is 1. The highest BCUT2D eigenvalue weighted by atomic mass is 32.1. The van der Waals surface area contributed by atoms with Crippen molar-refractivity contribution in [2.24, 2.45) is 0 Å². The molecule has 3 aromatic carbocycles. The molecule has 1 aliphatic heterocycles. The van der Waals surface area contributed by atoms with Crippen LogP contribution in [0.25, 0.3) is 21.2 Å². The highest BCUT2D eigenvalue weighted by Crippen LogP contribution is 2.45. The van der Waals surface area contributed by atoms with Crippen LogP contribution >= 0.6 is 11.3 Å². The van der Waals surface area contributed by atoms with E-state index in [1.165, 1.54) is 11.3 Å². The minimum atomic E-state index is -0.717. The molecule has 33 heavy (non-hydrogen) atoms. The fourth-order valence-corrected chi connectivity index (χ4v) is 5.52. The third-order valence-corrected chi connectivity index (χ3v) is 6.97. The van der Waals surface area contributed by atoms with Gasteiger partial charge in [-0.3, -0.25) is 14.5 Å². The van der Waals surface area contributed by atoms with E-state index in [1.54, 1.807) is 36.3 Å². The molecule has 0 saturated carbocycles. The van der Waals surface area contributed by atoms with Gasteiger partial charge in [0.25, 0.3) is 5.91 Å². The Morgan fingerprint density at radius 2 is 1.82 bits per heavy atom. The van der Waals surface area contributed by atoms with Crippen molar-refractivity contribution < 1.29 is 13.9 Å². The van der Waals surface area contributed by atoms with Crippen molar-refractivity contribution in [3.8, 4) is 5.75 Å². The number of para-hydroxylation sites is 2. The van der Waals surface area contributed by atoms with E-state index >= 15 is 0 Å². The lowest BCUT2D eigenvalue weighted by atomic mass is 9.98. The van der Waals surface area contributed by atoms with Crippen LogP contribution in [0.4, 0.5) is 5.13 Å². The summed E-state index contributed by atoms with van der Waals surface area (Å²) in [6, 6.07) is 19.6. The number of amides is 1. The first-order chi connectivity index (χ1) is 16.1. The molecule has 3 heterocycles. The normalized spacial score (nSPS) is 15.4. The number of benzene rings is 3. The van der Waals surface area contributed by atoms with Gasteiger partial charge in [0.1, 0.15) is 17.4 Å². The van der Waals surface area contributed by atoms with E-state index < -0.39 is 6.04 Å². The van der Waals surface area contributed by atoms with Crippen LogP contribution < -0.4 is 15.1 Å². The summed E-state index contributed by atoms with van der Waals surface area (Å²) in [6.45, 7) is 2.02. The molecular formula is C26H18N2O4S. The zero-order chi connectivity index (χ0) is 22.7. The Labute approximate surface area is 192 Å². The summed E-state index contributed by atoms with van der Waals surface area (Å²) >= 11 is 1.41. The predicted molar refractivity (Wildman–Crippen MR) is 128 cm³/mol. The monoisotopic (exact) mass is 454 g/mol. The molecule has 0 fully saturated rings. The van der Waals surface area contributed by atoms with E-state index in [9.17, 15) is 9.59 Å². The second-order valence-electron chi connectivity index (χ2n) is 7.96. The molecular weight excluding hydrogens is 436 g/mol. The number of aromatic nitrogens is 1. The van der Waals surface area contributed by atoms with E-state index in [1.807, 2.05) is 49.4 Å². The molecule has 1 unspecified atom stereocenters. The van der Waals surface area contributed by atoms with Gasteiger partial charge in [-0.25, -0.2) is 4.98 Å². The molecule has 5 aromatic rings. The molecule has 0 saturated heterocycles. The zero-order valence-electron chi connectivity index (χ0n) is 17.9. The van der Waals surface area contributed by atoms with Crippen molar-refractivity contribution in [3.05, 3.63) is 99.4 Å². The van der Waals surface area contributed by atoms with Crippen LogP contribution in [-0.4, -0.2) is 18.0 Å². The van der Waals surface area contributed by atoms with E-state index in [-0.39, 0.29) is 17.1 Å². The number of carbonyl (C=O) groups excluding carboxylic acids is 1. The largest absolute Gasteiger partial charge is 0.496 e. The quantitative estimate of drug-likeness (QED) is 0.361. The van der Waals surface area contributed by atoms with Crippen molar-refractivity contribution in [2.75, 3.05) is 12.0 Å². The van der Waals surface area contributed by atoms with Crippen molar-refractivity contribution in [3.63, 3.8) is 0 Å². The van der Waals surface area contributed by atoms with Crippen molar-refractivity contribution >= 4 is 43.6 Å². The number of ether oxygens (including phenoxy) is 1. The summed E-state index contributed by atoms with van der Waals surface area (Å²) in [6.07, 6.45) is 0. The molecule has 0 N–H and O–H groups in total. The number of thiazole rings is 1. The molecule has 7 heteroatoms. The molecule has 0 bridgehead atoms. The smallest absolute Gasteiger partial charge is 0.297 e. The summed E-state index contributed by atoms with van der Waals surface area (Å²) in [7, 11) is 1.57. The molecule has 0 spiro atoms. The lowest BCUT2D eigenvalue weighted by Gasteiger charge is -2.24. The van der Waals surface area contributed by atoms with Gasteiger partial charge in [0, 0.05) is 5.56 Å². The molecule has 1 amide bonds. The van der Waals surface area contributed by atoms with Crippen LogP contribution in [0.5, 0.6) is 5.75 Å². The van der Waals surface area contributed by atoms with Crippen molar-refractivity contribution in [1.29, 1.82) is 0 Å². The average Bonchev–Trinajstić information content (AvgIpc) is 3.37. The number of hydrogen-bond donors (Lipinski definition) is 0. The van der Waals surface area contributed by atoms with Crippen LogP contribution in [0, 0.1) is 6.92 Å². The van der Waals surface area contributed by atoms with Gasteiger partial charge in [-0.05, 0) is 42.8 Å². The molecule has 0 aliphatic carbocycles. The Hall–Kier alpha value is -3.97. The number of rotatable bonds is 3. The summed E-state index contributed by atoms with van der Waals surface area (Å²) < 4.78 is 12.6. The minimum absolute atomic E-state index is 0.0463. The Morgan fingerprint density at radius 1 is 1.03 bits per heavy atom. The zero-order valence-corrected chi connectivity index (χ0v) is 18.7. The van der Waals surface area contributed by atoms with Gasteiger partial charge in [0.15, 0.2) is 10.6 Å². The molecule has 1 atom stereocenters. The maximum Gasteiger partial charge on any atom is 0.297 e. The number of methoxy groups -OCH3 is 1. The van der Waals surface area contributed by atoms with Crippen molar-refractivity contribution in [2.45, 2.75) is 13.0 Å². The second-order valence-corrected chi connectivity index (χ2v) is 8.97. The predicted octanol–water partition coefficient (Wildman–Crippen LogP) is 5.47. The maximum absolute atomic E-state index is 13.7. The third-order valence-electron chi connectivity index (χ3n) is 5.95. The summed E-state index contributed by atoms with van der Waals surface area (Å²) in [5, 5.41) is 0.942. The van der Waals surface area contributed by atoms with Crippen LogP contribution in [0.2, 0.25) is 0 Å². The minimum Gasteiger partial charge on any atom is -0.496 e. The van der Waals surface area contributed by atoms with E-state index in [0.717, 1.165) is 15.8 Å². The topological polar surface area (TPSA) is 72.6 Å². The van der Waals surface area contributed by atoms with Crippen LogP contribution in [0.15, 0.2) is 75.9 Å². The molecule has 6 rings (SSSR count). The number of hydrogen-bond acceptors (Lipinski definition) is 6. The van der Waals surface area contributed by atoms with Gasteiger partial charge >= 0.3 is 0 Å². The molecule has 2 aromatic heterocycles. The van der Waals surface area contributed by atoms with Crippen LogP contribution in [-0.2, 0) is 0 Å². The fraction of sp³-hybridized carbons (Fsp3) is 0.115. The molecule has 162 valence electrons. The first-order valence-electron chi connectivity index (χ1n) is 10.5. The standard InChI is InChI=1S/C26H18N2O4S/c1-14-11-12-17-20(13-14)33-26(27-17)28-22(15-7-3-5-9-18(15)31-2)21-23(29)16-8-4-6-10-19(16)32-24(21)25(28)30/h3-13,22H,1-2H3. The first-order valence-corrected chi connectivity index (χ1v) is 11.3. The van der Waals surface area contributed by atoms with Gasteiger partial charge in [0.05, 0.1) is 28.3 Å². The number of aryl methyl sites for hydroxylation is 1. The second kappa shape index (κ2) is 7.28. The molecule has 1 aliphatic rings. The van der Waals surface area contributed by atoms with Gasteiger partial charge in [-0.1, -0.05) is 47.7 Å². The number of nitrogens with zero attached hydrogens (tertiary/aromatic N) is 2. The van der Waals surface area contributed by atoms with Gasteiger partial charge in [-0.15, -0.1) is 0 Å². The Balaban J connectivity index is 1.66. The van der Waals surface area contributed by atoms with E-state index in [4.69, 9.17) is 14.1 Å². The molecule has 6 nitrogen and oxygen atoms in total. The summed E-state index contributed by atoms with van der Waals surface area (Å²) in [4.78, 5) is 33.7. The Bertz CT molecular complexity index is 1640. The third kappa shape index (κ3) is 2.89. The highest BCUT2D eigenvalue weighted by Gasteiger charge is 2.46. The fourth-order valence-electron chi connectivity index (χ4n) is 4.43. The highest BCUT2D eigenvalue weighted by molar-refractivity contribution is 7.22. The van der Waals surface area contributed by atoms with E-state index in [2.05, 4.69) is 0 Å². The summed E-state index contributed by atoms with van der Waals surface area (Å²) in [5.74, 6) is 0.238. The molecule has 0 radical (unpaired) electrons.